The quantitative estimate of drug-likeness (QED) is 0.805. The van der Waals surface area contributed by atoms with Crippen LogP contribution in [0.25, 0.3) is 0 Å². The third kappa shape index (κ3) is 3.48. The number of aromatic nitrogens is 4. The predicted molar refractivity (Wildman–Crippen MR) is 80.6 cm³/mol. The summed E-state index contributed by atoms with van der Waals surface area (Å²) in [6.07, 6.45) is 8.23. The van der Waals surface area contributed by atoms with E-state index in [9.17, 15) is 0 Å². The van der Waals surface area contributed by atoms with Crippen molar-refractivity contribution in [1.82, 2.24) is 24.6 Å². The summed E-state index contributed by atoms with van der Waals surface area (Å²) in [4.78, 5) is 4.32. The minimum Gasteiger partial charge on any atom is -0.346 e. The summed E-state index contributed by atoms with van der Waals surface area (Å²) < 4.78 is 4.12. The van der Waals surface area contributed by atoms with Crippen molar-refractivity contribution in [3.63, 3.8) is 0 Å². The summed E-state index contributed by atoms with van der Waals surface area (Å²) in [5.74, 6) is 1.00. The molecule has 0 radical (unpaired) electrons. The fourth-order valence-corrected chi connectivity index (χ4v) is 2.42. The van der Waals surface area contributed by atoms with E-state index in [1.54, 1.807) is 6.33 Å². The van der Waals surface area contributed by atoms with E-state index in [2.05, 4.69) is 59.2 Å². The normalized spacial score (nSPS) is 12.8. The molecule has 0 aliphatic carbocycles. The third-order valence-electron chi connectivity index (χ3n) is 3.54. The van der Waals surface area contributed by atoms with Crippen LogP contribution in [-0.4, -0.2) is 25.9 Å². The van der Waals surface area contributed by atoms with Crippen molar-refractivity contribution in [3.05, 3.63) is 36.2 Å². The largest absolute Gasteiger partial charge is 0.346 e. The lowest BCUT2D eigenvalue weighted by Gasteiger charge is -2.15. The van der Waals surface area contributed by atoms with Gasteiger partial charge in [0, 0.05) is 25.0 Å². The lowest BCUT2D eigenvalue weighted by atomic mass is 10.1. The molecule has 1 N–H and O–H groups in total. The second kappa shape index (κ2) is 7.24. The molecule has 0 aliphatic rings. The molecule has 20 heavy (non-hydrogen) atoms. The molecular formula is C15H25N5. The molecular weight excluding hydrogens is 250 g/mol. The average molecular weight is 275 g/mol. The van der Waals surface area contributed by atoms with E-state index in [1.165, 1.54) is 5.56 Å². The zero-order valence-electron chi connectivity index (χ0n) is 12.7. The number of hydrogen-bond donors (Lipinski definition) is 1. The van der Waals surface area contributed by atoms with E-state index in [1.807, 2.05) is 4.68 Å². The Bertz CT molecular complexity index is 514. The van der Waals surface area contributed by atoms with Crippen molar-refractivity contribution in [2.24, 2.45) is 0 Å². The van der Waals surface area contributed by atoms with Crippen LogP contribution in [0, 0.1) is 0 Å². The monoisotopic (exact) mass is 275 g/mol. The summed E-state index contributed by atoms with van der Waals surface area (Å²) in [6, 6.07) is 2.64. The van der Waals surface area contributed by atoms with Gasteiger partial charge in [-0.15, -0.1) is 0 Å². The van der Waals surface area contributed by atoms with Crippen molar-refractivity contribution in [2.45, 2.75) is 52.7 Å². The SMILES string of the molecule is CCCNC(CC)c1ccn(Cc2ncnn2CC)c1. The van der Waals surface area contributed by atoms with Gasteiger partial charge in [-0.2, -0.15) is 5.10 Å². The maximum absolute atomic E-state index is 4.32. The molecule has 0 aliphatic heterocycles. The molecule has 2 heterocycles. The molecule has 0 amide bonds. The van der Waals surface area contributed by atoms with Crippen LogP contribution in [0.2, 0.25) is 0 Å². The molecule has 0 saturated carbocycles. The number of aryl methyl sites for hydroxylation is 1. The van der Waals surface area contributed by atoms with Gasteiger partial charge in [-0.1, -0.05) is 13.8 Å². The Hall–Kier alpha value is -1.62. The van der Waals surface area contributed by atoms with Gasteiger partial charge in [-0.3, -0.25) is 0 Å². The van der Waals surface area contributed by atoms with Crippen LogP contribution in [-0.2, 0) is 13.1 Å². The van der Waals surface area contributed by atoms with Crippen LogP contribution in [0.15, 0.2) is 24.8 Å². The van der Waals surface area contributed by atoms with Crippen LogP contribution in [0.1, 0.15) is 51.0 Å². The summed E-state index contributed by atoms with van der Waals surface area (Å²) in [5.41, 5.74) is 1.35. The zero-order valence-corrected chi connectivity index (χ0v) is 12.7. The first-order valence-corrected chi connectivity index (χ1v) is 7.54. The smallest absolute Gasteiger partial charge is 0.146 e. The average Bonchev–Trinajstić information content (AvgIpc) is 3.09. The second-order valence-corrected chi connectivity index (χ2v) is 5.02. The van der Waals surface area contributed by atoms with Gasteiger partial charge in [-0.25, -0.2) is 9.67 Å². The Labute approximate surface area is 121 Å². The molecule has 110 valence electrons. The van der Waals surface area contributed by atoms with Gasteiger partial charge in [0.25, 0.3) is 0 Å². The molecule has 0 bridgehead atoms. The Kier molecular flexibility index (Phi) is 5.35. The lowest BCUT2D eigenvalue weighted by molar-refractivity contribution is 0.517. The maximum Gasteiger partial charge on any atom is 0.146 e. The highest BCUT2D eigenvalue weighted by atomic mass is 15.3. The van der Waals surface area contributed by atoms with Crippen molar-refractivity contribution < 1.29 is 0 Å². The highest BCUT2D eigenvalue weighted by Gasteiger charge is 2.10. The Balaban J connectivity index is 2.04. The molecule has 2 aromatic heterocycles. The molecule has 5 nitrogen and oxygen atoms in total. The first kappa shape index (κ1) is 14.8. The van der Waals surface area contributed by atoms with E-state index in [4.69, 9.17) is 0 Å². The molecule has 0 saturated heterocycles. The Morgan fingerprint density at radius 1 is 1.30 bits per heavy atom. The van der Waals surface area contributed by atoms with Crippen molar-refractivity contribution >= 4 is 0 Å². The lowest BCUT2D eigenvalue weighted by Crippen LogP contribution is -2.21. The highest BCUT2D eigenvalue weighted by Crippen LogP contribution is 2.17. The number of nitrogens with one attached hydrogen (secondary N) is 1. The molecule has 0 aromatic carbocycles. The predicted octanol–water partition coefficient (Wildman–Crippen LogP) is 2.60. The summed E-state index contributed by atoms with van der Waals surface area (Å²) in [7, 11) is 0. The van der Waals surface area contributed by atoms with E-state index in [-0.39, 0.29) is 0 Å². The number of rotatable bonds is 8. The van der Waals surface area contributed by atoms with Gasteiger partial charge in [0.05, 0.1) is 6.54 Å². The third-order valence-corrected chi connectivity index (χ3v) is 3.54. The first-order chi connectivity index (χ1) is 9.78. The highest BCUT2D eigenvalue weighted by molar-refractivity contribution is 5.16. The number of nitrogens with zero attached hydrogens (tertiary/aromatic N) is 4. The Morgan fingerprint density at radius 2 is 2.15 bits per heavy atom. The van der Waals surface area contributed by atoms with Gasteiger partial charge in [0.2, 0.25) is 0 Å². The minimum absolute atomic E-state index is 0.445. The second-order valence-electron chi connectivity index (χ2n) is 5.02. The summed E-state index contributed by atoms with van der Waals surface area (Å²) in [6.45, 7) is 9.20. The van der Waals surface area contributed by atoms with Crippen molar-refractivity contribution in [1.29, 1.82) is 0 Å². The fraction of sp³-hybridized carbons (Fsp3) is 0.600. The van der Waals surface area contributed by atoms with Crippen molar-refractivity contribution in [3.8, 4) is 0 Å². The summed E-state index contributed by atoms with van der Waals surface area (Å²) >= 11 is 0. The van der Waals surface area contributed by atoms with Gasteiger partial charge in [-0.05, 0) is 37.9 Å². The molecule has 0 spiro atoms. The molecule has 2 rings (SSSR count). The standard InChI is InChI=1S/C15H25N5/c1-4-8-16-14(5-2)13-7-9-19(10-13)11-15-17-12-18-20(15)6-3/h7,9-10,12,14,16H,4-6,8,11H2,1-3H3. The van der Waals surface area contributed by atoms with E-state index >= 15 is 0 Å². The molecule has 1 unspecified atom stereocenters. The van der Waals surface area contributed by atoms with Gasteiger partial charge >= 0.3 is 0 Å². The van der Waals surface area contributed by atoms with Crippen LogP contribution in [0.3, 0.4) is 0 Å². The summed E-state index contributed by atoms with van der Waals surface area (Å²) in [5, 5.41) is 7.79. The van der Waals surface area contributed by atoms with Crippen LogP contribution in [0.5, 0.6) is 0 Å². The molecule has 2 aromatic rings. The van der Waals surface area contributed by atoms with Gasteiger partial charge < -0.3 is 9.88 Å². The zero-order chi connectivity index (χ0) is 14.4. The van der Waals surface area contributed by atoms with Crippen LogP contribution < -0.4 is 5.32 Å². The minimum atomic E-state index is 0.445. The molecule has 1 atom stereocenters. The van der Waals surface area contributed by atoms with Crippen molar-refractivity contribution in [2.75, 3.05) is 6.54 Å². The van der Waals surface area contributed by atoms with E-state index in [0.29, 0.717) is 6.04 Å². The Morgan fingerprint density at radius 3 is 2.85 bits per heavy atom. The topological polar surface area (TPSA) is 47.7 Å². The van der Waals surface area contributed by atoms with Gasteiger partial charge in [0.1, 0.15) is 12.2 Å². The first-order valence-electron chi connectivity index (χ1n) is 7.54. The maximum atomic E-state index is 4.32. The molecule has 0 fully saturated rings. The number of hydrogen-bond acceptors (Lipinski definition) is 3. The van der Waals surface area contributed by atoms with E-state index < -0.39 is 0 Å². The molecule has 5 heteroatoms. The van der Waals surface area contributed by atoms with Crippen LogP contribution >= 0.6 is 0 Å². The fourth-order valence-electron chi connectivity index (χ4n) is 2.42. The van der Waals surface area contributed by atoms with Gasteiger partial charge in [0.15, 0.2) is 0 Å². The van der Waals surface area contributed by atoms with E-state index in [0.717, 1.165) is 38.3 Å². The van der Waals surface area contributed by atoms with Crippen LogP contribution in [0.4, 0.5) is 0 Å².